The fourth-order valence-corrected chi connectivity index (χ4v) is 5.37. The number of carbonyl (C=O) groups is 1. The third-order valence-electron chi connectivity index (χ3n) is 5.39. The molecule has 160 valence electrons. The van der Waals surface area contributed by atoms with Crippen molar-refractivity contribution in [1.29, 1.82) is 0 Å². The molecule has 3 atom stereocenters. The van der Waals surface area contributed by atoms with E-state index in [0.717, 1.165) is 12.1 Å². The van der Waals surface area contributed by atoms with Crippen LogP contribution >= 0.6 is 0 Å². The van der Waals surface area contributed by atoms with Crippen LogP contribution < -0.4 is 9.46 Å². The topological polar surface area (TPSA) is 88.6 Å². The molecule has 7 nitrogen and oxygen atoms in total. The molecule has 2 aromatic rings. The van der Waals surface area contributed by atoms with Gasteiger partial charge in [-0.3, -0.25) is 9.78 Å². The Morgan fingerprint density at radius 3 is 2.47 bits per heavy atom. The minimum Gasteiger partial charge on any atom is -0.406 e. The van der Waals surface area contributed by atoms with Crippen molar-refractivity contribution in [2.75, 3.05) is 6.54 Å². The first-order chi connectivity index (χ1) is 14.1. The maximum Gasteiger partial charge on any atom is 0.573 e. The van der Waals surface area contributed by atoms with Gasteiger partial charge in [-0.2, -0.15) is 0 Å². The SMILES string of the molecule is O=C(c1ccc(OC(F)(F)F)cc1)N1CC2CC1CC2NS(=O)(=O)c1cccnc1. The van der Waals surface area contributed by atoms with Crippen LogP contribution in [-0.4, -0.2) is 49.2 Å². The number of rotatable bonds is 5. The van der Waals surface area contributed by atoms with Crippen LogP contribution in [0.25, 0.3) is 0 Å². The first-order valence-electron chi connectivity index (χ1n) is 9.21. The Kier molecular flexibility index (Phi) is 5.18. The maximum absolute atomic E-state index is 12.8. The highest BCUT2D eigenvalue weighted by molar-refractivity contribution is 7.89. The lowest BCUT2D eigenvalue weighted by molar-refractivity contribution is -0.274. The van der Waals surface area contributed by atoms with Crippen molar-refractivity contribution in [1.82, 2.24) is 14.6 Å². The number of likely N-dealkylation sites (tertiary alicyclic amines) is 1. The lowest BCUT2D eigenvalue weighted by Gasteiger charge is -2.32. The Morgan fingerprint density at radius 2 is 1.90 bits per heavy atom. The molecule has 2 heterocycles. The Hall–Kier alpha value is -2.66. The van der Waals surface area contributed by atoms with Gasteiger partial charge in [0.05, 0.1) is 0 Å². The summed E-state index contributed by atoms with van der Waals surface area (Å²) in [6, 6.07) is 7.36. The molecule has 1 saturated carbocycles. The fourth-order valence-electron chi connectivity index (χ4n) is 4.08. The van der Waals surface area contributed by atoms with E-state index in [0.29, 0.717) is 19.4 Å². The van der Waals surface area contributed by atoms with E-state index in [1.807, 2.05) is 0 Å². The zero-order chi connectivity index (χ0) is 21.5. The lowest BCUT2D eigenvalue weighted by Crippen LogP contribution is -2.47. The number of benzene rings is 1. The van der Waals surface area contributed by atoms with Crippen molar-refractivity contribution in [2.24, 2.45) is 5.92 Å². The van der Waals surface area contributed by atoms with Gasteiger partial charge in [-0.25, -0.2) is 13.1 Å². The fraction of sp³-hybridized carbons (Fsp3) is 0.368. The summed E-state index contributed by atoms with van der Waals surface area (Å²) in [4.78, 5) is 18.3. The Labute approximate surface area is 170 Å². The van der Waals surface area contributed by atoms with E-state index in [2.05, 4.69) is 14.4 Å². The Morgan fingerprint density at radius 1 is 1.17 bits per heavy atom. The average molecular weight is 441 g/mol. The van der Waals surface area contributed by atoms with E-state index in [-0.39, 0.29) is 34.4 Å². The Bertz CT molecular complexity index is 1030. The number of nitrogens with zero attached hydrogens (tertiary/aromatic N) is 2. The number of halogens is 3. The molecule has 1 aliphatic carbocycles. The van der Waals surface area contributed by atoms with Crippen LogP contribution in [-0.2, 0) is 10.0 Å². The summed E-state index contributed by atoms with van der Waals surface area (Å²) in [7, 11) is -3.70. The molecule has 1 aliphatic heterocycles. The first kappa shape index (κ1) is 20.6. The zero-order valence-electron chi connectivity index (χ0n) is 15.5. The van der Waals surface area contributed by atoms with Gasteiger partial charge in [0, 0.05) is 36.6 Å². The quantitative estimate of drug-likeness (QED) is 0.771. The summed E-state index contributed by atoms with van der Waals surface area (Å²) in [6.07, 6.45) is -0.885. The van der Waals surface area contributed by atoms with Crippen molar-refractivity contribution in [3.8, 4) is 5.75 Å². The second-order valence-corrected chi connectivity index (χ2v) is 9.05. The van der Waals surface area contributed by atoms with E-state index in [1.165, 1.54) is 30.6 Å². The molecule has 1 amide bonds. The number of piperidine rings is 1. The summed E-state index contributed by atoms with van der Waals surface area (Å²) in [5.41, 5.74) is 0.254. The summed E-state index contributed by atoms with van der Waals surface area (Å²) in [5.74, 6) is -0.722. The van der Waals surface area contributed by atoms with E-state index in [9.17, 15) is 26.4 Å². The van der Waals surface area contributed by atoms with Crippen LogP contribution in [0.4, 0.5) is 13.2 Å². The second kappa shape index (κ2) is 7.55. The normalized spacial score (nSPS) is 23.6. The van der Waals surface area contributed by atoms with Gasteiger partial charge in [-0.15, -0.1) is 13.2 Å². The van der Waals surface area contributed by atoms with E-state index in [1.54, 1.807) is 11.0 Å². The number of aromatic nitrogens is 1. The molecule has 2 fully saturated rings. The van der Waals surface area contributed by atoms with Gasteiger partial charge in [-0.05, 0) is 55.2 Å². The number of pyridine rings is 1. The monoisotopic (exact) mass is 441 g/mol. The second-order valence-electron chi connectivity index (χ2n) is 7.33. The number of amides is 1. The van der Waals surface area contributed by atoms with E-state index < -0.39 is 22.1 Å². The predicted molar refractivity (Wildman–Crippen MR) is 99.0 cm³/mol. The van der Waals surface area contributed by atoms with Gasteiger partial charge in [-0.1, -0.05) is 0 Å². The van der Waals surface area contributed by atoms with Crippen molar-refractivity contribution >= 4 is 15.9 Å². The molecule has 3 unspecified atom stereocenters. The average Bonchev–Trinajstić information content (AvgIpc) is 3.27. The van der Waals surface area contributed by atoms with Gasteiger partial charge in [0.2, 0.25) is 10.0 Å². The highest BCUT2D eigenvalue weighted by Gasteiger charge is 2.47. The number of ether oxygens (including phenoxy) is 1. The van der Waals surface area contributed by atoms with Gasteiger partial charge in [0.25, 0.3) is 5.91 Å². The van der Waals surface area contributed by atoms with Crippen molar-refractivity contribution in [3.63, 3.8) is 0 Å². The molecule has 1 aromatic heterocycles. The molecule has 2 bridgehead atoms. The molecule has 1 N–H and O–H groups in total. The van der Waals surface area contributed by atoms with Crippen LogP contribution in [0.5, 0.6) is 5.75 Å². The van der Waals surface area contributed by atoms with Crippen LogP contribution in [0.3, 0.4) is 0 Å². The molecule has 1 aromatic carbocycles. The molecule has 2 aliphatic rings. The van der Waals surface area contributed by atoms with Crippen molar-refractivity contribution in [3.05, 3.63) is 54.4 Å². The lowest BCUT2D eigenvalue weighted by atomic mass is 10.0. The summed E-state index contributed by atoms with van der Waals surface area (Å²) in [5, 5.41) is 0. The molecular formula is C19H18F3N3O4S. The Balaban J connectivity index is 1.39. The highest BCUT2D eigenvalue weighted by Crippen LogP contribution is 2.39. The van der Waals surface area contributed by atoms with Crippen molar-refractivity contribution < 1.29 is 31.1 Å². The number of sulfonamides is 1. The summed E-state index contributed by atoms with van der Waals surface area (Å²) >= 11 is 0. The zero-order valence-corrected chi connectivity index (χ0v) is 16.4. The molecule has 0 radical (unpaired) electrons. The third kappa shape index (κ3) is 4.26. The van der Waals surface area contributed by atoms with Crippen LogP contribution in [0, 0.1) is 5.92 Å². The van der Waals surface area contributed by atoms with Gasteiger partial charge in [0.1, 0.15) is 10.6 Å². The minimum atomic E-state index is -4.79. The number of carbonyl (C=O) groups excluding carboxylic acids is 1. The molecular weight excluding hydrogens is 423 g/mol. The summed E-state index contributed by atoms with van der Waals surface area (Å²) in [6.45, 7) is 0.379. The van der Waals surface area contributed by atoms with E-state index >= 15 is 0 Å². The molecule has 4 rings (SSSR count). The molecule has 0 spiro atoms. The first-order valence-corrected chi connectivity index (χ1v) is 10.7. The standard InChI is InChI=1S/C19H18F3N3O4S/c20-19(21,22)29-15-5-3-12(4-6-15)18(26)25-11-13-8-14(25)9-17(13)24-30(27,28)16-2-1-7-23-10-16/h1-7,10,13-14,17,24H,8-9,11H2. The van der Waals surface area contributed by atoms with Crippen LogP contribution in [0.2, 0.25) is 0 Å². The number of hydrogen-bond acceptors (Lipinski definition) is 5. The minimum absolute atomic E-state index is 0.0294. The molecule has 11 heteroatoms. The molecule has 1 saturated heterocycles. The van der Waals surface area contributed by atoms with Gasteiger partial charge in [0.15, 0.2) is 0 Å². The highest BCUT2D eigenvalue weighted by atomic mass is 32.2. The predicted octanol–water partition coefficient (Wildman–Crippen LogP) is 2.56. The largest absolute Gasteiger partial charge is 0.573 e. The van der Waals surface area contributed by atoms with Crippen LogP contribution in [0.15, 0.2) is 53.7 Å². The van der Waals surface area contributed by atoms with Crippen molar-refractivity contribution in [2.45, 2.75) is 36.2 Å². The number of hydrogen-bond donors (Lipinski definition) is 1. The number of alkyl halides is 3. The van der Waals surface area contributed by atoms with Gasteiger partial charge >= 0.3 is 6.36 Å². The number of fused-ring (bicyclic) bond motifs is 2. The number of nitrogens with one attached hydrogen (secondary N) is 1. The third-order valence-corrected chi connectivity index (χ3v) is 6.86. The van der Waals surface area contributed by atoms with Gasteiger partial charge < -0.3 is 9.64 Å². The summed E-state index contributed by atoms with van der Waals surface area (Å²) < 4.78 is 68.3. The molecule has 30 heavy (non-hydrogen) atoms. The maximum atomic E-state index is 12.8. The van der Waals surface area contributed by atoms with Crippen LogP contribution in [0.1, 0.15) is 23.2 Å². The van der Waals surface area contributed by atoms with E-state index in [4.69, 9.17) is 0 Å². The smallest absolute Gasteiger partial charge is 0.406 e.